The van der Waals surface area contributed by atoms with Gasteiger partial charge >= 0.3 is 0 Å². The molecule has 118 valence electrons. The van der Waals surface area contributed by atoms with Gasteiger partial charge in [0.25, 0.3) is 11.7 Å². The van der Waals surface area contributed by atoms with Gasteiger partial charge in [0.1, 0.15) is 0 Å². The lowest BCUT2D eigenvalue weighted by atomic mass is 10.3. The molecule has 8 heteroatoms. The van der Waals surface area contributed by atoms with E-state index in [0.29, 0.717) is 12.3 Å². The Morgan fingerprint density at radius 3 is 3.00 bits per heavy atom. The highest BCUT2D eigenvalue weighted by Gasteiger charge is 2.14. The van der Waals surface area contributed by atoms with Gasteiger partial charge in [0, 0.05) is 44.6 Å². The third-order valence-corrected chi connectivity index (χ3v) is 3.78. The largest absolute Gasteiger partial charge is 0.349 e. The zero-order valence-corrected chi connectivity index (χ0v) is 12.7. The molecule has 0 aliphatic carbocycles. The predicted octanol–water partition coefficient (Wildman–Crippen LogP) is -0.542. The van der Waals surface area contributed by atoms with E-state index in [1.54, 1.807) is 10.7 Å². The number of hydrogen-bond donors (Lipinski definition) is 2. The fourth-order valence-corrected chi connectivity index (χ4v) is 2.52. The lowest BCUT2D eigenvalue weighted by Gasteiger charge is -2.26. The van der Waals surface area contributed by atoms with Crippen molar-refractivity contribution in [1.29, 1.82) is 0 Å². The van der Waals surface area contributed by atoms with Gasteiger partial charge in [-0.2, -0.15) is 4.98 Å². The number of aromatic nitrogens is 4. The Morgan fingerprint density at radius 2 is 2.23 bits per heavy atom. The number of nitrogens with one attached hydrogen (secondary N) is 2. The summed E-state index contributed by atoms with van der Waals surface area (Å²) < 4.78 is 1.58. The number of carbonyl (C=O) groups is 1. The molecule has 2 N–H and O–H groups in total. The van der Waals surface area contributed by atoms with Crippen LogP contribution in [0.15, 0.2) is 12.3 Å². The van der Waals surface area contributed by atoms with Crippen molar-refractivity contribution in [1.82, 2.24) is 35.1 Å². The number of rotatable bonds is 5. The van der Waals surface area contributed by atoms with Crippen LogP contribution in [0.5, 0.6) is 0 Å². The summed E-state index contributed by atoms with van der Waals surface area (Å²) in [7, 11) is 0. The molecule has 1 saturated heterocycles. The molecule has 1 fully saturated rings. The molecular weight excluding hydrogens is 282 g/mol. The van der Waals surface area contributed by atoms with E-state index in [0.717, 1.165) is 44.8 Å². The van der Waals surface area contributed by atoms with Crippen molar-refractivity contribution in [3.63, 3.8) is 0 Å². The third-order valence-electron chi connectivity index (χ3n) is 3.78. The number of nitrogens with zero attached hydrogens (tertiary/aromatic N) is 5. The molecule has 1 aliphatic heterocycles. The fourth-order valence-electron chi connectivity index (χ4n) is 2.52. The summed E-state index contributed by atoms with van der Waals surface area (Å²) in [5, 5.41) is 10.4. The SMILES string of the molecule is Cc1ccnc2nc(C(=O)NCCCN3CCNCC3)nn12. The van der Waals surface area contributed by atoms with Crippen molar-refractivity contribution in [2.75, 3.05) is 39.3 Å². The van der Waals surface area contributed by atoms with Gasteiger partial charge in [-0.15, -0.1) is 5.10 Å². The van der Waals surface area contributed by atoms with Gasteiger partial charge < -0.3 is 15.5 Å². The Kier molecular flexibility index (Phi) is 4.59. The van der Waals surface area contributed by atoms with Gasteiger partial charge in [-0.3, -0.25) is 4.79 Å². The first kappa shape index (κ1) is 14.9. The Hall–Kier alpha value is -2.06. The molecule has 0 unspecified atom stereocenters. The number of carbonyl (C=O) groups excluding carboxylic acids is 1. The second-order valence-corrected chi connectivity index (χ2v) is 5.43. The molecular formula is C14H21N7O. The first-order chi connectivity index (χ1) is 10.7. The van der Waals surface area contributed by atoms with E-state index >= 15 is 0 Å². The van der Waals surface area contributed by atoms with Gasteiger partial charge in [-0.25, -0.2) is 9.50 Å². The van der Waals surface area contributed by atoms with Crippen molar-refractivity contribution >= 4 is 11.7 Å². The molecule has 8 nitrogen and oxygen atoms in total. The molecule has 0 saturated carbocycles. The second kappa shape index (κ2) is 6.80. The summed E-state index contributed by atoms with van der Waals surface area (Å²) >= 11 is 0. The molecule has 0 bridgehead atoms. The van der Waals surface area contributed by atoms with E-state index in [1.165, 1.54) is 0 Å². The lowest BCUT2D eigenvalue weighted by molar-refractivity contribution is 0.0941. The van der Waals surface area contributed by atoms with Crippen LogP contribution < -0.4 is 10.6 Å². The summed E-state index contributed by atoms with van der Waals surface area (Å²) in [5.41, 5.74) is 0.898. The summed E-state index contributed by atoms with van der Waals surface area (Å²) in [6.45, 7) is 7.78. The predicted molar refractivity (Wildman–Crippen MR) is 81.8 cm³/mol. The van der Waals surface area contributed by atoms with Crippen molar-refractivity contribution in [3.8, 4) is 0 Å². The monoisotopic (exact) mass is 303 g/mol. The van der Waals surface area contributed by atoms with E-state index in [1.807, 2.05) is 13.0 Å². The third kappa shape index (κ3) is 3.40. The topological polar surface area (TPSA) is 87.5 Å². The molecule has 22 heavy (non-hydrogen) atoms. The summed E-state index contributed by atoms with van der Waals surface area (Å²) in [6.07, 6.45) is 2.59. The van der Waals surface area contributed by atoms with Crippen molar-refractivity contribution in [2.45, 2.75) is 13.3 Å². The highest BCUT2D eigenvalue weighted by Crippen LogP contribution is 2.01. The minimum absolute atomic E-state index is 0.170. The van der Waals surface area contributed by atoms with E-state index < -0.39 is 0 Å². The van der Waals surface area contributed by atoms with E-state index in [-0.39, 0.29) is 11.7 Å². The summed E-state index contributed by atoms with van der Waals surface area (Å²) in [5.74, 6) is 0.375. The Morgan fingerprint density at radius 1 is 1.41 bits per heavy atom. The van der Waals surface area contributed by atoms with Crippen LogP contribution in [-0.4, -0.2) is 69.7 Å². The minimum Gasteiger partial charge on any atom is -0.349 e. The fraction of sp³-hybridized carbons (Fsp3) is 0.571. The minimum atomic E-state index is -0.245. The highest BCUT2D eigenvalue weighted by atomic mass is 16.2. The maximum Gasteiger partial charge on any atom is 0.291 e. The average Bonchev–Trinajstić information content (AvgIpc) is 2.98. The van der Waals surface area contributed by atoms with Crippen LogP contribution in [0.25, 0.3) is 5.78 Å². The Labute approximate surface area is 128 Å². The van der Waals surface area contributed by atoms with E-state index in [4.69, 9.17) is 0 Å². The van der Waals surface area contributed by atoms with E-state index in [9.17, 15) is 4.79 Å². The zero-order valence-electron chi connectivity index (χ0n) is 12.7. The molecule has 1 aliphatic rings. The van der Waals surface area contributed by atoms with Crippen LogP contribution in [0.2, 0.25) is 0 Å². The molecule has 0 aromatic carbocycles. The van der Waals surface area contributed by atoms with Gasteiger partial charge in [-0.05, 0) is 26.0 Å². The molecule has 2 aromatic rings. The van der Waals surface area contributed by atoms with Crippen LogP contribution in [0.1, 0.15) is 22.7 Å². The summed E-state index contributed by atoms with van der Waals surface area (Å²) in [4.78, 5) is 22.7. The first-order valence-corrected chi connectivity index (χ1v) is 7.64. The average molecular weight is 303 g/mol. The van der Waals surface area contributed by atoms with Crippen LogP contribution in [-0.2, 0) is 0 Å². The maximum atomic E-state index is 12.1. The zero-order chi connectivity index (χ0) is 15.4. The van der Waals surface area contributed by atoms with E-state index in [2.05, 4.69) is 30.6 Å². The highest BCUT2D eigenvalue weighted by molar-refractivity contribution is 5.90. The number of piperazine rings is 1. The normalized spacial score (nSPS) is 16.0. The molecule has 1 amide bonds. The molecule has 0 radical (unpaired) electrons. The van der Waals surface area contributed by atoms with Crippen molar-refractivity contribution in [2.24, 2.45) is 0 Å². The molecule has 0 spiro atoms. The summed E-state index contributed by atoms with van der Waals surface area (Å²) in [6, 6.07) is 1.83. The van der Waals surface area contributed by atoms with Crippen LogP contribution in [0, 0.1) is 6.92 Å². The van der Waals surface area contributed by atoms with Crippen LogP contribution in [0.4, 0.5) is 0 Å². The van der Waals surface area contributed by atoms with Crippen LogP contribution >= 0.6 is 0 Å². The number of amides is 1. The second-order valence-electron chi connectivity index (χ2n) is 5.43. The smallest absolute Gasteiger partial charge is 0.291 e. The van der Waals surface area contributed by atoms with Crippen molar-refractivity contribution < 1.29 is 4.79 Å². The lowest BCUT2D eigenvalue weighted by Crippen LogP contribution is -2.44. The number of aryl methyl sites for hydroxylation is 1. The number of hydrogen-bond acceptors (Lipinski definition) is 6. The maximum absolute atomic E-state index is 12.1. The van der Waals surface area contributed by atoms with Crippen molar-refractivity contribution in [3.05, 3.63) is 23.8 Å². The quantitative estimate of drug-likeness (QED) is 0.721. The van der Waals surface area contributed by atoms with Gasteiger partial charge in [0.15, 0.2) is 0 Å². The van der Waals surface area contributed by atoms with Gasteiger partial charge in [0.05, 0.1) is 0 Å². The molecule has 3 heterocycles. The van der Waals surface area contributed by atoms with Gasteiger partial charge in [0.2, 0.25) is 5.82 Å². The standard InChI is InChI=1S/C14H21N7O/c1-11-3-5-17-14-18-12(19-21(11)14)13(22)16-4-2-8-20-9-6-15-7-10-20/h3,5,15H,2,4,6-10H2,1H3,(H,16,22). The number of fused-ring (bicyclic) bond motifs is 1. The molecule has 0 atom stereocenters. The molecule has 3 rings (SSSR count). The Balaban J connectivity index is 1.49. The Bertz CT molecular complexity index is 648. The first-order valence-electron chi connectivity index (χ1n) is 7.64. The molecule has 2 aromatic heterocycles. The van der Waals surface area contributed by atoms with Crippen LogP contribution in [0.3, 0.4) is 0 Å². The van der Waals surface area contributed by atoms with Gasteiger partial charge in [-0.1, -0.05) is 0 Å².